The van der Waals surface area contributed by atoms with Crippen LogP contribution in [0.5, 0.6) is 0 Å². The molecule has 7 heteroatoms. The third kappa shape index (κ3) is 6.14. The summed E-state index contributed by atoms with van der Waals surface area (Å²) in [4.78, 5) is 16.1. The monoisotopic (exact) mass is 405 g/mol. The van der Waals surface area contributed by atoms with Crippen LogP contribution in [0.1, 0.15) is 17.2 Å². The van der Waals surface area contributed by atoms with Crippen LogP contribution >= 0.6 is 23.2 Å². The Labute approximate surface area is 169 Å². The molecule has 0 aliphatic carbocycles. The maximum Gasteiger partial charge on any atom is 0.411 e. The Bertz CT molecular complexity index is 807. The van der Waals surface area contributed by atoms with Crippen LogP contribution in [0.2, 0.25) is 10.0 Å². The van der Waals surface area contributed by atoms with Crippen LogP contribution < -0.4 is 0 Å². The molecule has 0 aromatic heterocycles. The predicted octanol–water partition coefficient (Wildman–Crippen LogP) is 4.76. The number of halogens is 2. The molecule has 0 bridgehead atoms. The lowest BCUT2D eigenvalue weighted by atomic mass is 10.1. The molecule has 5 nitrogen and oxygen atoms in total. The largest absolute Gasteiger partial charge is 0.445 e. The second kappa shape index (κ2) is 10.2. The van der Waals surface area contributed by atoms with E-state index in [2.05, 4.69) is 6.07 Å². The lowest BCUT2D eigenvalue weighted by Crippen LogP contribution is -2.39. The molecule has 142 valence electrons. The quantitative estimate of drug-likeness (QED) is 0.666. The number of carbonyl (C=O) groups excluding carboxylic acids is 1. The van der Waals surface area contributed by atoms with Crippen LogP contribution in [0.4, 0.5) is 4.79 Å². The number of rotatable bonds is 7. The normalized spacial score (nSPS) is 11.7. The summed E-state index contributed by atoms with van der Waals surface area (Å²) in [7, 11) is 3.79. The summed E-state index contributed by atoms with van der Waals surface area (Å²) in [5.41, 5.74) is 1.46. The molecule has 0 N–H and O–H groups in total. The molecule has 0 heterocycles. The van der Waals surface area contributed by atoms with E-state index in [1.807, 2.05) is 49.3 Å². The van der Waals surface area contributed by atoms with Crippen molar-refractivity contribution in [1.82, 2.24) is 9.80 Å². The lowest BCUT2D eigenvalue weighted by Gasteiger charge is -2.28. The lowest BCUT2D eigenvalue weighted by molar-refractivity contribution is 0.0854. The van der Waals surface area contributed by atoms with Crippen molar-refractivity contribution in [2.75, 3.05) is 27.2 Å². The first-order valence-corrected chi connectivity index (χ1v) is 9.14. The molecule has 0 fully saturated rings. The fraction of sp³-hybridized carbons (Fsp3) is 0.300. The van der Waals surface area contributed by atoms with Crippen molar-refractivity contribution >= 4 is 29.3 Å². The first-order valence-electron chi connectivity index (χ1n) is 8.39. The van der Waals surface area contributed by atoms with E-state index < -0.39 is 12.1 Å². The van der Waals surface area contributed by atoms with Gasteiger partial charge in [-0.25, -0.2) is 4.79 Å². The molecule has 0 aliphatic rings. The molecule has 0 spiro atoms. The summed E-state index contributed by atoms with van der Waals surface area (Å²) in [5.74, 6) is 0. The number of nitriles is 1. The number of amides is 1. The molecular weight excluding hydrogens is 385 g/mol. The van der Waals surface area contributed by atoms with Crippen molar-refractivity contribution in [3.8, 4) is 6.07 Å². The van der Waals surface area contributed by atoms with Gasteiger partial charge in [-0.15, -0.1) is 0 Å². The zero-order valence-corrected chi connectivity index (χ0v) is 16.7. The van der Waals surface area contributed by atoms with Crippen molar-refractivity contribution in [3.63, 3.8) is 0 Å². The van der Waals surface area contributed by atoms with Gasteiger partial charge in [-0.3, -0.25) is 4.90 Å². The number of hydrogen-bond donors (Lipinski definition) is 0. The molecular formula is C20H21Cl2N3O2. The third-order valence-corrected chi connectivity index (χ3v) is 4.66. The SMILES string of the molecule is CN(C)CCN(C(=O)OCc1ccccc1)C(C#N)c1ccc(Cl)c(Cl)c1. The highest BCUT2D eigenvalue weighted by Gasteiger charge is 2.27. The van der Waals surface area contributed by atoms with E-state index >= 15 is 0 Å². The van der Waals surface area contributed by atoms with Crippen LogP contribution in [0.25, 0.3) is 0 Å². The Kier molecular flexibility index (Phi) is 7.93. The van der Waals surface area contributed by atoms with Gasteiger partial charge in [-0.05, 0) is 37.4 Å². The van der Waals surface area contributed by atoms with Crippen molar-refractivity contribution in [2.45, 2.75) is 12.6 Å². The van der Waals surface area contributed by atoms with Gasteiger partial charge < -0.3 is 9.64 Å². The average molecular weight is 406 g/mol. The van der Waals surface area contributed by atoms with Crippen molar-refractivity contribution in [3.05, 3.63) is 69.7 Å². The van der Waals surface area contributed by atoms with Gasteiger partial charge in [0.2, 0.25) is 0 Å². The zero-order chi connectivity index (χ0) is 19.8. The van der Waals surface area contributed by atoms with Crippen LogP contribution in [-0.2, 0) is 11.3 Å². The van der Waals surface area contributed by atoms with Gasteiger partial charge in [0, 0.05) is 13.1 Å². The highest BCUT2D eigenvalue weighted by Crippen LogP contribution is 2.28. The minimum atomic E-state index is -0.831. The molecule has 0 saturated carbocycles. The first kappa shape index (κ1) is 21.0. The second-order valence-corrected chi connectivity index (χ2v) is 7.06. The van der Waals surface area contributed by atoms with Gasteiger partial charge in [0.05, 0.1) is 16.1 Å². The molecule has 0 saturated heterocycles. The minimum absolute atomic E-state index is 0.137. The Balaban J connectivity index is 2.21. The third-order valence-electron chi connectivity index (χ3n) is 3.92. The highest BCUT2D eigenvalue weighted by atomic mass is 35.5. The van der Waals surface area contributed by atoms with Crippen LogP contribution in [-0.4, -0.2) is 43.1 Å². The smallest absolute Gasteiger partial charge is 0.411 e. The fourth-order valence-electron chi connectivity index (χ4n) is 2.44. The Morgan fingerprint density at radius 1 is 1.11 bits per heavy atom. The van der Waals surface area contributed by atoms with E-state index in [9.17, 15) is 10.1 Å². The summed E-state index contributed by atoms with van der Waals surface area (Å²) >= 11 is 12.0. The van der Waals surface area contributed by atoms with Crippen LogP contribution in [0.15, 0.2) is 48.5 Å². The van der Waals surface area contributed by atoms with Crippen molar-refractivity contribution in [2.24, 2.45) is 0 Å². The number of nitrogens with zero attached hydrogens (tertiary/aromatic N) is 3. The molecule has 1 unspecified atom stereocenters. The van der Waals surface area contributed by atoms with Crippen LogP contribution in [0, 0.1) is 11.3 Å². The molecule has 1 atom stereocenters. The number of hydrogen-bond acceptors (Lipinski definition) is 4. The number of benzene rings is 2. The van der Waals surface area contributed by atoms with Gasteiger partial charge in [-0.1, -0.05) is 59.6 Å². The minimum Gasteiger partial charge on any atom is -0.445 e. The predicted molar refractivity (Wildman–Crippen MR) is 107 cm³/mol. The summed E-state index contributed by atoms with van der Waals surface area (Å²) in [6.45, 7) is 1.05. The second-order valence-electron chi connectivity index (χ2n) is 6.24. The Hall–Kier alpha value is -2.26. The van der Waals surface area contributed by atoms with E-state index in [0.29, 0.717) is 28.7 Å². The van der Waals surface area contributed by atoms with Crippen molar-refractivity contribution < 1.29 is 9.53 Å². The highest BCUT2D eigenvalue weighted by molar-refractivity contribution is 6.42. The molecule has 2 rings (SSSR count). The van der Waals surface area contributed by atoms with Gasteiger partial charge in [0.15, 0.2) is 0 Å². The number of ether oxygens (including phenoxy) is 1. The molecule has 2 aromatic rings. The molecule has 1 amide bonds. The Morgan fingerprint density at radius 3 is 2.41 bits per heavy atom. The molecule has 2 aromatic carbocycles. The van der Waals surface area contributed by atoms with E-state index in [0.717, 1.165) is 5.56 Å². The van der Waals surface area contributed by atoms with Gasteiger partial charge >= 0.3 is 6.09 Å². The standard InChI is InChI=1S/C20H21Cl2N3O2/c1-24(2)10-11-25(20(26)27-14-15-6-4-3-5-7-15)19(13-23)16-8-9-17(21)18(22)12-16/h3-9,12,19H,10-11,14H2,1-2H3. The van der Waals surface area contributed by atoms with Crippen molar-refractivity contribution in [1.29, 1.82) is 5.26 Å². The summed E-state index contributed by atoms with van der Waals surface area (Å²) in [6.07, 6.45) is -0.557. The number of likely N-dealkylation sites (N-methyl/N-ethyl adjacent to an activating group) is 1. The number of carbonyl (C=O) groups is 1. The maximum absolute atomic E-state index is 12.7. The van der Waals surface area contributed by atoms with Gasteiger partial charge in [0.25, 0.3) is 0 Å². The summed E-state index contributed by atoms with van der Waals surface area (Å²) < 4.78 is 5.44. The van der Waals surface area contributed by atoms with E-state index in [-0.39, 0.29) is 6.61 Å². The van der Waals surface area contributed by atoms with E-state index in [1.54, 1.807) is 18.2 Å². The van der Waals surface area contributed by atoms with Gasteiger partial charge in [-0.2, -0.15) is 5.26 Å². The molecule has 27 heavy (non-hydrogen) atoms. The molecule has 0 radical (unpaired) electrons. The summed E-state index contributed by atoms with van der Waals surface area (Å²) in [6, 6.07) is 15.6. The van der Waals surface area contributed by atoms with Crippen LogP contribution in [0.3, 0.4) is 0 Å². The Morgan fingerprint density at radius 2 is 1.81 bits per heavy atom. The topological polar surface area (TPSA) is 56.6 Å². The first-order chi connectivity index (χ1) is 12.9. The zero-order valence-electron chi connectivity index (χ0n) is 15.2. The fourth-order valence-corrected chi connectivity index (χ4v) is 2.75. The maximum atomic E-state index is 12.7. The van der Waals surface area contributed by atoms with E-state index in [1.165, 1.54) is 4.90 Å². The molecule has 0 aliphatic heterocycles. The van der Waals surface area contributed by atoms with Gasteiger partial charge in [0.1, 0.15) is 12.6 Å². The summed E-state index contributed by atoms with van der Waals surface area (Å²) in [5, 5.41) is 10.4. The van der Waals surface area contributed by atoms with E-state index in [4.69, 9.17) is 27.9 Å². The average Bonchev–Trinajstić information content (AvgIpc) is 2.66.